The molecule has 0 N–H and O–H groups in total. The number of nitro groups is 1. The van der Waals surface area contributed by atoms with Gasteiger partial charge in [0.05, 0.1) is 11.5 Å². The summed E-state index contributed by atoms with van der Waals surface area (Å²) in [7, 11) is 0. The molecule has 1 aliphatic rings. The summed E-state index contributed by atoms with van der Waals surface area (Å²) in [5.74, 6) is 1.32. The van der Waals surface area contributed by atoms with Crippen molar-refractivity contribution in [2.45, 2.75) is 33.2 Å². The number of benzene rings is 1. The number of hydrogen-bond donors (Lipinski definition) is 0. The van der Waals surface area contributed by atoms with Crippen LogP contribution < -0.4 is 4.90 Å². The van der Waals surface area contributed by atoms with Gasteiger partial charge < -0.3 is 9.42 Å². The van der Waals surface area contributed by atoms with Crippen molar-refractivity contribution in [1.82, 2.24) is 15.0 Å². The number of Topliss-reactive ketones (excluding diaryl/α,β-unsaturated/α-hetero) is 1. The molecule has 0 spiro atoms. The number of anilines is 1. The second-order valence-corrected chi connectivity index (χ2v) is 6.98. The minimum absolute atomic E-state index is 0.0328. The van der Waals surface area contributed by atoms with Gasteiger partial charge in [0, 0.05) is 43.7 Å². The van der Waals surface area contributed by atoms with E-state index in [0.717, 1.165) is 13.1 Å². The average molecular weight is 373 g/mol. The van der Waals surface area contributed by atoms with Crippen molar-refractivity contribution in [3.8, 4) is 0 Å². The van der Waals surface area contributed by atoms with E-state index in [-0.39, 0.29) is 17.4 Å². The highest BCUT2D eigenvalue weighted by atomic mass is 16.6. The molecule has 1 saturated heterocycles. The third-order valence-corrected chi connectivity index (χ3v) is 4.65. The lowest BCUT2D eigenvalue weighted by Crippen LogP contribution is -2.46. The van der Waals surface area contributed by atoms with Crippen molar-refractivity contribution in [3.05, 3.63) is 45.6 Å². The van der Waals surface area contributed by atoms with Crippen LogP contribution in [0.1, 0.15) is 48.8 Å². The summed E-state index contributed by atoms with van der Waals surface area (Å²) in [4.78, 5) is 31.1. The Labute approximate surface area is 157 Å². The van der Waals surface area contributed by atoms with E-state index < -0.39 is 4.92 Å². The van der Waals surface area contributed by atoms with Crippen molar-refractivity contribution in [2.24, 2.45) is 0 Å². The maximum Gasteiger partial charge on any atom is 0.293 e. The first-order chi connectivity index (χ1) is 12.8. The molecule has 1 aliphatic heterocycles. The molecule has 144 valence electrons. The summed E-state index contributed by atoms with van der Waals surface area (Å²) in [6.07, 6.45) is 0. The first kappa shape index (κ1) is 19.0. The van der Waals surface area contributed by atoms with Gasteiger partial charge in [-0.3, -0.25) is 19.8 Å². The molecule has 2 heterocycles. The van der Waals surface area contributed by atoms with Gasteiger partial charge in [-0.25, -0.2) is 0 Å². The Kier molecular flexibility index (Phi) is 5.50. The fourth-order valence-electron chi connectivity index (χ4n) is 3.06. The Morgan fingerprint density at radius 3 is 2.56 bits per heavy atom. The van der Waals surface area contributed by atoms with Crippen LogP contribution in [-0.2, 0) is 6.54 Å². The summed E-state index contributed by atoms with van der Waals surface area (Å²) < 4.78 is 5.29. The largest absolute Gasteiger partial charge is 0.363 e. The third kappa shape index (κ3) is 4.30. The number of nitro benzene ring substituents is 1. The van der Waals surface area contributed by atoms with E-state index in [4.69, 9.17) is 4.52 Å². The van der Waals surface area contributed by atoms with Crippen LogP contribution in [0.2, 0.25) is 0 Å². The molecule has 0 atom stereocenters. The zero-order valence-electron chi connectivity index (χ0n) is 15.7. The Morgan fingerprint density at radius 1 is 1.30 bits per heavy atom. The predicted octanol–water partition coefficient (Wildman–Crippen LogP) is 2.63. The Bertz CT molecular complexity index is 840. The lowest BCUT2D eigenvalue weighted by Gasteiger charge is -2.35. The minimum Gasteiger partial charge on any atom is -0.363 e. The van der Waals surface area contributed by atoms with E-state index in [1.54, 1.807) is 12.1 Å². The number of ketones is 1. The van der Waals surface area contributed by atoms with Crippen LogP contribution in [0.4, 0.5) is 11.4 Å². The third-order valence-electron chi connectivity index (χ3n) is 4.65. The van der Waals surface area contributed by atoms with Gasteiger partial charge >= 0.3 is 0 Å². The standard InChI is InChI=1S/C18H23N5O4/c1-12(2)18-19-17(27-20-18)11-21-6-8-22(9-7-21)15-5-4-14(13(3)24)10-16(15)23(25)26/h4-5,10,12H,6-9,11H2,1-3H3. The van der Waals surface area contributed by atoms with Gasteiger partial charge in [-0.05, 0) is 19.1 Å². The second kappa shape index (κ2) is 7.83. The van der Waals surface area contributed by atoms with Gasteiger partial charge in [-0.2, -0.15) is 4.98 Å². The number of rotatable bonds is 6. The fraction of sp³-hybridized carbons (Fsp3) is 0.500. The number of nitrogens with zero attached hydrogens (tertiary/aromatic N) is 5. The SMILES string of the molecule is CC(=O)c1ccc(N2CCN(Cc3nc(C(C)C)no3)CC2)c([N+](=O)[O-])c1. The number of carbonyl (C=O) groups excluding carboxylic acids is 1. The van der Waals surface area contributed by atoms with Gasteiger partial charge in [-0.15, -0.1) is 0 Å². The fourth-order valence-corrected chi connectivity index (χ4v) is 3.06. The van der Waals surface area contributed by atoms with E-state index in [1.807, 2.05) is 18.7 Å². The van der Waals surface area contributed by atoms with E-state index >= 15 is 0 Å². The predicted molar refractivity (Wildman–Crippen MR) is 99.0 cm³/mol. The lowest BCUT2D eigenvalue weighted by atomic mass is 10.1. The highest BCUT2D eigenvalue weighted by Crippen LogP contribution is 2.30. The van der Waals surface area contributed by atoms with Crippen LogP contribution >= 0.6 is 0 Å². The molecular weight excluding hydrogens is 350 g/mol. The molecule has 1 aromatic carbocycles. The van der Waals surface area contributed by atoms with Crippen molar-refractivity contribution in [2.75, 3.05) is 31.1 Å². The minimum atomic E-state index is -0.431. The van der Waals surface area contributed by atoms with Crippen molar-refractivity contribution in [3.63, 3.8) is 0 Å². The number of hydrogen-bond acceptors (Lipinski definition) is 8. The molecule has 9 heteroatoms. The molecule has 9 nitrogen and oxygen atoms in total. The van der Waals surface area contributed by atoms with Crippen LogP contribution in [0, 0.1) is 10.1 Å². The Morgan fingerprint density at radius 2 is 2.00 bits per heavy atom. The van der Waals surface area contributed by atoms with Crippen LogP contribution in [0.5, 0.6) is 0 Å². The van der Waals surface area contributed by atoms with Crippen molar-refractivity contribution in [1.29, 1.82) is 0 Å². The molecule has 0 aliphatic carbocycles. The molecule has 3 rings (SSSR count). The molecule has 0 bridgehead atoms. The topological polar surface area (TPSA) is 106 Å². The number of aromatic nitrogens is 2. The van der Waals surface area contributed by atoms with Crippen LogP contribution in [0.25, 0.3) is 0 Å². The molecule has 0 saturated carbocycles. The monoisotopic (exact) mass is 373 g/mol. The highest BCUT2D eigenvalue weighted by molar-refractivity contribution is 5.95. The average Bonchev–Trinajstić information content (AvgIpc) is 3.10. The summed E-state index contributed by atoms with van der Waals surface area (Å²) in [6.45, 7) is 8.74. The highest BCUT2D eigenvalue weighted by Gasteiger charge is 2.25. The van der Waals surface area contributed by atoms with Gasteiger partial charge in [0.15, 0.2) is 11.6 Å². The Hall–Kier alpha value is -2.81. The Balaban J connectivity index is 1.66. The molecule has 0 radical (unpaired) electrons. The van der Waals surface area contributed by atoms with Crippen molar-refractivity contribution >= 4 is 17.2 Å². The normalized spacial score (nSPS) is 15.3. The van der Waals surface area contributed by atoms with E-state index in [2.05, 4.69) is 15.0 Å². The number of carbonyl (C=O) groups is 1. The van der Waals surface area contributed by atoms with Gasteiger partial charge in [0.25, 0.3) is 5.69 Å². The summed E-state index contributed by atoms with van der Waals surface area (Å²) in [5.41, 5.74) is 0.862. The molecular formula is C18H23N5O4. The molecule has 0 amide bonds. The van der Waals surface area contributed by atoms with Gasteiger partial charge in [-0.1, -0.05) is 19.0 Å². The van der Waals surface area contributed by atoms with Gasteiger partial charge in [0.1, 0.15) is 5.69 Å². The molecule has 1 aromatic heterocycles. The summed E-state index contributed by atoms with van der Waals surface area (Å²) in [5, 5.41) is 15.4. The van der Waals surface area contributed by atoms with Crippen molar-refractivity contribution < 1.29 is 14.2 Å². The van der Waals surface area contributed by atoms with E-state index in [0.29, 0.717) is 42.6 Å². The second-order valence-electron chi connectivity index (χ2n) is 6.98. The van der Waals surface area contributed by atoms with Gasteiger partial charge in [0.2, 0.25) is 5.89 Å². The number of piperazine rings is 1. The van der Waals surface area contributed by atoms with Crippen LogP contribution in [0.3, 0.4) is 0 Å². The quantitative estimate of drug-likeness (QED) is 0.432. The van der Waals surface area contributed by atoms with E-state index in [1.165, 1.54) is 13.0 Å². The maximum absolute atomic E-state index is 11.5. The van der Waals surface area contributed by atoms with E-state index in [9.17, 15) is 14.9 Å². The summed E-state index contributed by atoms with van der Waals surface area (Å²) in [6, 6.07) is 4.66. The smallest absolute Gasteiger partial charge is 0.293 e. The lowest BCUT2D eigenvalue weighted by molar-refractivity contribution is -0.384. The molecule has 1 fully saturated rings. The summed E-state index contributed by atoms with van der Waals surface area (Å²) >= 11 is 0. The first-order valence-electron chi connectivity index (χ1n) is 8.94. The molecule has 27 heavy (non-hydrogen) atoms. The zero-order valence-corrected chi connectivity index (χ0v) is 15.7. The maximum atomic E-state index is 11.5. The molecule has 2 aromatic rings. The van der Waals surface area contributed by atoms with Crippen LogP contribution in [-0.4, -0.2) is 51.9 Å². The first-order valence-corrected chi connectivity index (χ1v) is 8.94. The zero-order chi connectivity index (χ0) is 19.6. The van der Waals surface area contributed by atoms with Crippen LogP contribution in [0.15, 0.2) is 22.7 Å². The molecule has 0 unspecified atom stereocenters.